The van der Waals surface area contributed by atoms with Crippen LogP contribution in [0.25, 0.3) is 0 Å². The topological polar surface area (TPSA) is 16.6 Å². The molecule has 84 valence electrons. The normalized spacial score (nSPS) is 11.7. The first-order chi connectivity index (χ1) is 7.03. The average molecular weight is 271 g/mol. The average Bonchev–Trinajstić information content (AvgIpc) is 2.16. The van der Waals surface area contributed by atoms with Gasteiger partial charge in [0.25, 0.3) is 0 Å². The van der Waals surface area contributed by atoms with E-state index in [1.165, 1.54) is 11.1 Å². The van der Waals surface area contributed by atoms with E-state index in [1.54, 1.807) is 0 Å². The molecule has 0 aliphatic rings. The van der Waals surface area contributed by atoms with Gasteiger partial charge in [-0.1, -0.05) is 40.2 Å². The lowest BCUT2D eigenvalue weighted by molar-refractivity contribution is -0.731. The van der Waals surface area contributed by atoms with Crippen molar-refractivity contribution in [3.8, 4) is 0 Å². The number of halogens is 1. The number of benzene rings is 1. The van der Waals surface area contributed by atoms with Gasteiger partial charge >= 0.3 is 0 Å². The summed E-state index contributed by atoms with van der Waals surface area (Å²) in [4.78, 5) is 0. The molecule has 1 aromatic rings. The number of rotatable bonds is 4. The van der Waals surface area contributed by atoms with Crippen LogP contribution in [0.3, 0.4) is 0 Å². The minimum Gasteiger partial charge on any atom is -0.338 e. The summed E-state index contributed by atoms with van der Waals surface area (Å²) in [6, 6.07) is 8.72. The van der Waals surface area contributed by atoms with Crippen LogP contribution in [0.5, 0.6) is 0 Å². The van der Waals surface area contributed by atoms with Gasteiger partial charge in [-0.2, -0.15) is 0 Å². The van der Waals surface area contributed by atoms with Gasteiger partial charge in [0.1, 0.15) is 6.54 Å². The molecule has 0 fully saturated rings. The molecule has 1 aromatic carbocycles. The highest BCUT2D eigenvalue weighted by atomic mass is 79.9. The lowest BCUT2D eigenvalue weighted by Gasteiger charge is -2.18. The first kappa shape index (κ1) is 12.7. The van der Waals surface area contributed by atoms with Crippen LogP contribution in [0, 0.1) is 0 Å². The van der Waals surface area contributed by atoms with E-state index in [4.69, 9.17) is 0 Å². The van der Waals surface area contributed by atoms with Crippen LogP contribution in [0.4, 0.5) is 0 Å². The van der Waals surface area contributed by atoms with Gasteiger partial charge in [-0.3, -0.25) is 0 Å². The number of nitrogens with two attached hydrogens (primary N) is 1. The van der Waals surface area contributed by atoms with Gasteiger partial charge in [0.05, 0.1) is 5.54 Å². The highest BCUT2D eigenvalue weighted by Crippen LogP contribution is 2.09. The summed E-state index contributed by atoms with van der Waals surface area (Å²) in [7, 11) is 0. The van der Waals surface area contributed by atoms with E-state index < -0.39 is 0 Å². The third kappa shape index (κ3) is 4.80. The highest BCUT2D eigenvalue weighted by Gasteiger charge is 2.13. The Balaban J connectivity index is 2.67. The Bertz CT molecular complexity index is 302. The van der Waals surface area contributed by atoms with Gasteiger partial charge in [-0.25, -0.2) is 0 Å². The van der Waals surface area contributed by atoms with Gasteiger partial charge in [0, 0.05) is 10.9 Å². The number of aryl methyl sites for hydroxylation is 1. The summed E-state index contributed by atoms with van der Waals surface area (Å²) >= 11 is 3.50. The van der Waals surface area contributed by atoms with Crippen LogP contribution >= 0.6 is 15.9 Å². The van der Waals surface area contributed by atoms with Crippen LogP contribution in [-0.4, -0.2) is 10.9 Å². The molecule has 0 radical (unpaired) electrons. The Labute approximate surface area is 101 Å². The Morgan fingerprint density at radius 1 is 1.13 bits per heavy atom. The van der Waals surface area contributed by atoms with Gasteiger partial charge in [0.2, 0.25) is 0 Å². The van der Waals surface area contributed by atoms with E-state index in [0.29, 0.717) is 5.54 Å². The molecule has 0 saturated carbocycles. The van der Waals surface area contributed by atoms with E-state index in [9.17, 15) is 0 Å². The van der Waals surface area contributed by atoms with E-state index >= 15 is 0 Å². The lowest BCUT2D eigenvalue weighted by atomic mass is 10.0. The highest BCUT2D eigenvalue weighted by molar-refractivity contribution is 9.09. The third-order valence-electron chi connectivity index (χ3n) is 2.42. The second-order valence-corrected chi connectivity index (χ2v) is 5.77. The fraction of sp³-hybridized carbons (Fsp3) is 0.538. The SMILES string of the molecule is CC(C)(C)[NH2+]Cc1ccccc1CCBr. The van der Waals surface area contributed by atoms with Crippen molar-refractivity contribution in [3.63, 3.8) is 0 Å². The number of alkyl halides is 1. The summed E-state index contributed by atoms with van der Waals surface area (Å²) in [5, 5.41) is 3.43. The molecule has 1 nitrogen and oxygen atoms in total. The molecule has 0 heterocycles. The molecule has 2 N–H and O–H groups in total. The van der Waals surface area contributed by atoms with Gasteiger partial charge < -0.3 is 5.32 Å². The summed E-state index contributed by atoms with van der Waals surface area (Å²) in [6.07, 6.45) is 1.12. The largest absolute Gasteiger partial charge is 0.338 e. The summed E-state index contributed by atoms with van der Waals surface area (Å²) in [5.74, 6) is 0. The van der Waals surface area contributed by atoms with Crippen molar-refractivity contribution in [1.82, 2.24) is 0 Å². The van der Waals surface area contributed by atoms with Crippen molar-refractivity contribution in [2.24, 2.45) is 0 Å². The molecule has 0 aromatic heterocycles. The molecular formula is C13H21BrN+. The van der Waals surface area contributed by atoms with Crippen LogP contribution in [-0.2, 0) is 13.0 Å². The molecule has 0 atom stereocenters. The van der Waals surface area contributed by atoms with Crippen molar-refractivity contribution in [2.45, 2.75) is 39.3 Å². The van der Waals surface area contributed by atoms with Gasteiger partial charge in [0.15, 0.2) is 0 Å². The molecule has 0 aliphatic heterocycles. The maximum atomic E-state index is 3.50. The van der Waals surface area contributed by atoms with E-state index in [0.717, 1.165) is 18.3 Å². The van der Waals surface area contributed by atoms with E-state index in [1.807, 2.05) is 0 Å². The van der Waals surface area contributed by atoms with Crippen LogP contribution in [0.1, 0.15) is 31.9 Å². The van der Waals surface area contributed by atoms with Crippen molar-refractivity contribution < 1.29 is 5.32 Å². The molecule has 0 spiro atoms. The summed E-state index contributed by atoms with van der Waals surface area (Å²) in [5.41, 5.74) is 3.24. The van der Waals surface area contributed by atoms with Gasteiger partial charge in [-0.05, 0) is 32.8 Å². The molecule has 1 rings (SSSR count). The number of hydrogen-bond donors (Lipinski definition) is 1. The minimum atomic E-state index is 0.307. The fourth-order valence-electron chi connectivity index (χ4n) is 1.52. The number of quaternary nitrogens is 1. The Morgan fingerprint density at radius 3 is 2.27 bits per heavy atom. The standard InChI is InChI=1S/C13H20BrN/c1-13(2,3)15-10-12-7-5-4-6-11(12)8-9-14/h4-7,15H,8-10H2,1-3H3/p+1. The van der Waals surface area contributed by atoms with Crippen molar-refractivity contribution >= 4 is 15.9 Å². The third-order valence-corrected chi connectivity index (χ3v) is 2.81. The first-order valence-electron chi connectivity index (χ1n) is 5.50. The zero-order chi connectivity index (χ0) is 11.3. The maximum absolute atomic E-state index is 3.50. The number of hydrogen-bond acceptors (Lipinski definition) is 0. The monoisotopic (exact) mass is 270 g/mol. The first-order valence-corrected chi connectivity index (χ1v) is 6.62. The maximum Gasteiger partial charge on any atom is 0.102 e. The van der Waals surface area contributed by atoms with Crippen LogP contribution in [0.2, 0.25) is 0 Å². The molecule has 0 saturated heterocycles. The molecule has 0 unspecified atom stereocenters. The van der Waals surface area contributed by atoms with Crippen molar-refractivity contribution in [1.29, 1.82) is 0 Å². The Morgan fingerprint density at radius 2 is 1.73 bits per heavy atom. The fourth-order valence-corrected chi connectivity index (χ4v) is 1.95. The van der Waals surface area contributed by atoms with E-state index in [-0.39, 0.29) is 0 Å². The van der Waals surface area contributed by atoms with Crippen molar-refractivity contribution in [2.75, 3.05) is 5.33 Å². The molecule has 0 amide bonds. The Hall–Kier alpha value is -0.340. The quantitative estimate of drug-likeness (QED) is 0.810. The smallest absolute Gasteiger partial charge is 0.102 e. The molecule has 0 bridgehead atoms. The lowest BCUT2D eigenvalue weighted by Crippen LogP contribution is -2.93. The zero-order valence-electron chi connectivity index (χ0n) is 9.89. The second-order valence-electron chi connectivity index (χ2n) is 4.98. The predicted octanol–water partition coefficient (Wildman–Crippen LogP) is 2.49. The van der Waals surface area contributed by atoms with Gasteiger partial charge in [-0.15, -0.1) is 0 Å². The summed E-state index contributed by atoms with van der Waals surface area (Å²) < 4.78 is 0. The molecule has 0 aliphatic carbocycles. The van der Waals surface area contributed by atoms with E-state index in [2.05, 4.69) is 66.3 Å². The predicted molar refractivity (Wildman–Crippen MR) is 69.3 cm³/mol. The summed E-state index contributed by atoms with van der Waals surface area (Å²) in [6.45, 7) is 7.83. The Kier molecular flexibility index (Phi) is 4.81. The molecule has 2 heteroatoms. The molecular weight excluding hydrogens is 250 g/mol. The molecule has 15 heavy (non-hydrogen) atoms. The van der Waals surface area contributed by atoms with Crippen LogP contribution < -0.4 is 5.32 Å². The van der Waals surface area contributed by atoms with Crippen molar-refractivity contribution in [3.05, 3.63) is 35.4 Å². The van der Waals surface area contributed by atoms with Crippen LogP contribution in [0.15, 0.2) is 24.3 Å². The zero-order valence-corrected chi connectivity index (χ0v) is 11.5. The minimum absolute atomic E-state index is 0.307. The second kappa shape index (κ2) is 5.66.